The predicted octanol–water partition coefficient (Wildman–Crippen LogP) is -13.8. The smallest absolute Gasteiger partial charge is 0.364 e. The molecule has 470 valence electrons. The molecule has 5 saturated heterocycles. The highest BCUT2D eigenvalue weighted by molar-refractivity contribution is 5.77. The number of aliphatic hydroxyl groups is 18. The van der Waals surface area contributed by atoms with Gasteiger partial charge in [0.05, 0.1) is 63.9 Å². The second kappa shape index (κ2) is 29.7. The number of carboxylic acid groups (broad SMARTS) is 1. The summed E-state index contributed by atoms with van der Waals surface area (Å²) >= 11 is 0. The molecule has 36 heteroatoms. The van der Waals surface area contributed by atoms with E-state index in [0.29, 0.717) is 0 Å². The summed E-state index contributed by atoms with van der Waals surface area (Å²) < 4.78 is 57.6. The second-order valence-electron chi connectivity index (χ2n) is 20.1. The van der Waals surface area contributed by atoms with Crippen LogP contribution in [0.4, 0.5) is 0 Å². The monoisotopic (exact) mass is 1190 g/mol. The van der Waals surface area contributed by atoms with Crippen LogP contribution in [0.2, 0.25) is 0 Å². The van der Waals surface area contributed by atoms with Gasteiger partial charge in [0.1, 0.15) is 128 Å². The lowest BCUT2D eigenvalue weighted by molar-refractivity contribution is -0.388. The highest BCUT2D eigenvalue weighted by atomic mass is 16.8. The molecule has 5 rings (SSSR count). The average molecular weight is 1190 g/mol. The van der Waals surface area contributed by atoms with Gasteiger partial charge in [-0.25, -0.2) is 4.79 Å². The summed E-state index contributed by atoms with van der Waals surface area (Å²) in [6, 6.07) is -5.25. The van der Waals surface area contributed by atoms with Crippen LogP contribution in [0.3, 0.4) is 0 Å². The summed E-state index contributed by atoms with van der Waals surface area (Å²) in [4.78, 5) is 50.1. The van der Waals surface area contributed by atoms with Gasteiger partial charge >= 0.3 is 5.97 Å². The van der Waals surface area contributed by atoms with Crippen LogP contribution in [0, 0.1) is 0 Å². The van der Waals surface area contributed by atoms with Crippen molar-refractivity contribution in [3.63, 3.8) is 0 Å². The van der Waals surface area contributed by atoms with Crippen LogP contribution >= 0.6 is 0 Å². The van der Waals surface area contributed by atoms with Crippen molar-refractivity contribution in [1.82, 2.24) is 16.0 Å². The van der Waals surface area contributed by atoms with Crippen LogP contribution in [0.15, 0.2) is 0 Å². The number of carboxylic acids is 1. The van der Waals surface area contributed by atoms with Crippen molar-refractivity contribution in [3.05, 3.63) is 0 Å². The van der Waals surface area contributed by atoms with Gasteiger partial charge in [0.25, 0.3) is 5.79 Å². The number of carbonyl (C=O) groups excluding carboxylic acids is 3. The Labute approximate surface area is 459 Å². The number of nitrogens with one attached hydrogen (secondary N) is 3. The third-order valence-corrected chi connectivity index (χ3v) is 14.2. The fourth-order valence-electron chi connectivity index (χ4n) is 9.97. The van der Waals surface area contributed by atoms with E-state index < -0.39 is 253 Å². The van der Waals surface area contributed by atoms with Gasteiger partial charge in [-0.2, -0.15) is 0 Å². The fourth-order valence-corrected chi connectivity index (χ4v) is 9.97. The number of carbonyl (C=O) groups is 4. The molecular weight excluding hydrogens is 1110 g/mol. The minimum Gasteiger partial charge on any atom is -0.477 e. The molecule has 22 N–H and O–H groups in total. The number of amides is 3. The normalized spacial score (nSPS) is 42.6. The average Bonchev–Trinajstić information content (AvgIpc) is 3.60. The molecule has 0 unspecified atom stereocenters. The maximum atomic E-state index is 13.0. The second-order valence-corrected chi connectivity index (χ2v) is 20.1. The first-order valence-corrected chi connectivity index (χ1v) is 25.5. The van der Waals surface area contributed by atoms with E-state index in [0.717, 1.165) is 20.8 Å². The zero-order valence-electron chi connectivity index (χ0n) is 43.9. The summed E-state index contributed by atoms with van der Waals surface area (Å²) in [6.07, 6.45) is -54.5. The molecule has 0 aromatic heterocycles. The van der Waals surface area contributed by atoms with E-state index in [2.05, 4.69) is 16.0 Å². The van der Waals surface area contributed by atoms with Crippen LogP contribution in [0.25, 0.3) is 0 Å². The largest absolute Gasteiger partial charge is 0.477 e. The van der Waals surface area contributed by atoms with Gasteiger partial charge in [0.2, 0.25) is 17.7 Å². The van der Waals surface area contributed by atoms with Crippen LogP contribution in [0.1, 0.15) is 34.1 Å². The van der Waals surface area contributed by atoms with Crippen molar-refractivity contribution >= 4 is 23.7 Å². The zero-order chi connectivity index (χ0) is 60.7. The lowest BCUT2D eigenvalue weighted by atomic mass is 9.88. The van der Waals surface area contributed by atoms with E-state index in [1.165, 1.54) is 6.92 Å². The topological polar surface area (TPSA) is 581 Å². The predicted molar refractivity (Wildman–Crippen MR) is 252 cm³/mol. The molecule has 81 heavy (non-hydrogen) atoms. The third kappa shape index (κ3) is 15.6. The van der Waals surface area contributed by atoms with Gasteiger partial charge in [-0.3, -0.25) is 14.4 Å². The van der Waals surface area contributed by atoms with Crippen molar-refractivity contribution in [3.8, 4) is 0 Å². The van der Waals surface area contributed by atoms with Gasteiger partial charge in [0.15, 0.2) is 25.2 Å². The zero-order valence-corrected chi connectivity index (χ0v) is 43.9. The van der Waals surface area contributed by atoms with E-state index >= 15 is 0 Å². The molecule has 5 heterocycles. The lowest BCUT2D eigenvalue weighted by Crippen LogP contribution is -2.71. The molecule has 5 aliphatic heterocycles. The molecule has 0 aliphatic carbocycles. The number of aliphatic carboxylic acids is 1. The van der Waals surface area contributed by atoms with E-state index in [1.807, 2.05) is 0 Å². The van der Waals surface area contributed by atoms with Gasteiger partial charge in [-0.15, -0.1) is 0 Å². The molecule has 0 spiro atoms. The van der Waals surface area contributed by atoms with Gasteiger partial charge < -0.3 is 160 Å². The number of rotatable bonds is 25. The van der Waals surface area contributed by atoms with Crippen molar-refractivity contribution in [2.24, 2.45) is 0 Å². The Bertz CT molecular complexity index is 2020. The minimum atomic E-state index is -3.21. The summed E-state index contributed by atoms with van der Waals surface area (Å²) in [7, 11) is 0. The van der Waals surface area contributed by atoms with Crippen molar-refractivity contribution in [1.29, 1.82) is 0 Å². The third-order valence-electron chi connectivity index (χ3n) is 14.2. The molecule has 0 aromatic rings. The Balaban J connectivity index is 1.44. The van der Waals surface area contributed by atoms with E-state index in [4.69, 9.17) is 47.4 Å². The molecule has 5 fully saturated rings. The summed E-state index contributed by atoms with van der Waals surface area (Å²) in [5.74, 6) is -7.90. The highest BCUT2D eigenvalue weighted by Gasteiger charge is 2.61. The van der Waals surface area contributed by atoms with Gasteiger partial charge in [-0.1, -0.05) is 0 Å². The number of ether oxygens (including phenoxy) is 10. The SMILES string of the molecule is CC(=O)N[C@H]1[C@H](O[C@H]2[C@@H](O)[C@@H](CO)O[C@@H](O[C@@H]([C@H](O[C@@H]3O[C@@H](C)[C@@H](O)[C@@H](O)[C@@H]3O)[C@H](CO)NC(C)=O)[C@H](O)CO)[C@@H]2O)O[C@H](CO)[C@@H](O[C@@H]2O[C@H](CO)[C@H](O)[C@H](O[C@]3(C(=O)O)C[C@H](O)[C@@H](NC(C)=O)[C@H]([C@H](O)[C@H](O)CO)O3)[C@H]2O)[C@@H]1O. The van der Waals surface area contributed by atoms with Gasteiger partial charge in [0, 0.05) is 27.2 Å². The molecule has 36 nitrogen and oxygen atoms in total. The Morgan fingerprint density at radius 1 is 0.543 bits per heavy atom. The van der Waals surface area contributed by atoms with Crippen molar-refractivity contribution < 1.29 is 164 Å². The Kier molecular flexibility index (Phi) is 25.1. The van der Waals surface area contributed by atoms with Crippen LogP contribution in [0.5, 0.6) is 0 Å². The number of aliphatic hydroxyl groups excluding tert-OH is 18. The standard InChI is InChI=1S/C45H77N3O33/c1-12-25(61)30(66)31(67)41(72-12)76-34(16(6-49)46-13(2)55)35(19(60)8-51)77-42-32(68)38(27(63)20(9-52)73-42)79-40-24(48-15(4)57)29(65)36(22(11-54)75-40)78-43-33(69)39(28(64)21(10-53)74-43)81-45(44(70)71)5-17(58)23(47-14(3)56)37(80-45)26(62)18(59)7-50/h12,16-43,49-54,58-69H,5-11H2,1-4H3,(H,46,55)(H,47,56)(H,48,57)(H,70,71)/t12-,16-,17-,18+,19+,20+,21+,22+,23+,24+,25+,26+,27-,28-,29+,30+,31-,32+,33+,34+,35+,36+,37+,38-,39-,40-,41-,42-,43-,45-/m0/s1. The lowest BCUT2D eigenvalue weighted by Gasteiger charge is -2.51. The molecule has 0 saturated carbocycles. The molecule has 30 atom stereocenters. The number of hydrogen-bond donors (Lipinski definition) is 22. The molecular formula is C45H77N3O33. The maximum absolute atomic E-state index is 13.0. The Morgan fingerprint density at radius 3 is 1.58 bits per heavy atom. The van der Waals surface area contributed by atoms with E-state index in [1.54, 1.807) is 0 Å². The highest BCUT2D eigenvalue weighted by Crippen LogP contribution is 2.39. The molecule has 0 aromatic carbocycles. The fraction of sp³-hybridized carbons (Fsp3) is 0.911. The molecule has 0 bridgehead atoms. The summed E-state index contributed by atoms with van der Waals surface area (Å²) in [5.41, 5.74) is 0. The van der Waals surface area contributed by atoms with Crippen LogP contribution in [-0.4, -0.2) is 344 Å². The van der Waals surface area contributed by atoms with E-state index in [9.17, 15) is 116 Å². The van der Waals surface area contributed by atoms with Crippen molar-refractivity contribution in [2.45, 2.75) is 217 Å². The van der Waals surface area contributed by atoms with Crippen molar-refractivity contribution in [2.75, 3.05) is 39.6 Å². The van der Waals surface area contributed by atoms with Gasteiger partial charge in [-0.05, 0) is 6.92 Å². The first-order chi connectivity index (χ1) is 38.0. The molecule has 5 aliphatic rings. The van der Waals surface area contributed by atoms with Crippen LogP contribution in [-0.2, 0) is 66.5 Å². The summed E-state index contributed by atoms with van der Waals surface area (Å²) in [6.45, 7) is -2.59. The minimum absolute atomic E-state index is 0.820. The first kappa shape index (κ1) is 68.5. The summed E-state index contributed by atoms with van der Waals surface area (Å²) in [5, 5.41) is 212. The molecule has 3 amide bonds. The Hall–Kier alpha value is -3.24. The van der Waals surface area contributed by atoms with Crippen LogP contribution < -0.4 is 16.0 Å². The Morgan fingerprint density at radius 2 is 1.05 bits per heavy atom. The van der Waals surface area contributed by atoms with E-state index in [-0.39, 0.29) is 0 Å². The quantitative estimate of drug-likeness (QED) is 0.0404. The number of hydrogen-bond acceptors (Lipinski definition) is 32. The maximum Gasteiger partial charge on any atom is 0.364 e. The first-order valence-electron chi connectivity index (χ1n) is 25.5. The molecule has 0 radical (unpaired) electrons.